The van der Waals surface area contributed by atoms with E-state index in [2.05, 4.69) is 5.32 Å². The first-order valence-corrected chi connectivity index (χ1v) is 3.17. The number of nitrogens with zero attached hydrogens (tertiary/aromatic N) is 1. The van der Waals surface area contributed by atoms with E-state index in [1.807, 2.05) is 0 Å². The van der Waals surface area contributed by atoms with Crippen molar-refractivity contribution in [2.75, 3.05) is 20.6 Å². The highest BCUT2D eigenvalue weighted by Crippen LogP contribution is 1.79. The highest BCUT2D eigenvalue weighted by molar-refractivity contribution is 5.73. The summed E-state index contributed by atoms with van der Waals surface area (Å²) in [5, 5.41) is 11.3. The minimum Gasteiger partial charge on any atom is -0.392 e. The van der Waals surface area contributed by atoms with E-state index in [1.54, 1.807) is 21.0 Å². The summed E-state index contributed by atoms with van der Waals surface area (Å²) in [5.41, 5.74) is 0. The van der Waals surface area contributed by atoms with E-state index in [0.717, 1.165) is 0 Å². The average molecular weight is 146 g/mol. The zero-order valence-electron chi connectivity index (χ0n) is 6.59. The molecule has 0 radical (unpaired) electrons. The predicted octanol–water partition coefficient (Wildman–Crippen LogP) is -0.362. The third-order valence-corrected chi connectivity index (χ3v) is 0.955. The van der Waals surface area contributed by atoms with Gasteiger partial charge in [0.2, 0.25) is 0 Å². The Hall–Kier alpha value is -0.770. The van der Waals surface area contributed by atoms with Gasteiger partial charge in [0.1, 0.15) is 0 Å². The quantitative estimate of drug-likeness (QED) is 0.559. The Morgan fingerprint density at radius 2 is 2.20 bits per heavy atom. The fourth-order valence-corrected chi connectivity index (χ4v) is 0.393. The second-order valence-corrected chi connectivity index (χ2v) is 2.43. The molecule has 0 fully saturated rings. The van der Waals surface area contributed by atoms with Gasteiger partial charge in [-0.25, -0.2) is 4.79 Å². The number of nitrogens with one attached hydrogen (secondary N) is 1. The lowest BCUT2D eigenvalue weighted by Crippen LogP contribution is -2.38. The number of aliphatic hydroxyl groups is 1. The number of carbonyl (C=O) groups excluding carboxylic acids is 1. The highest BCUT2D eigenvalue weighted by Gasteiger charge is 2.02. The van der Waals surface area contributed by atoms with Crippen molar-refractivity contribution in [2.45, 2.75) is 13.0 Å². The summed E-state index contributed by atoms with van der Waals surface area (Å²) in [7, 11) is 3.30. The van der Waals surface area contributed by atoms with Crippen LogP contribution in [0.4, 0.5) is 4.79 Å². The van der Waals surface area contributed by atoms with Gasteiger partial charge < -0.3 is 15.3 Å². The van der Waals surface area contributed by atoms with Crippen LogP contribution in [0, 0.1) is 0 Å². The topological polar surface area (TPSA) is 52.6 Å². The first kappa shape index (κ1) is 9.23. The minimum atomic E-state index is -0.483. The van der Waals surface area contributed by atoms with Crippen molar-refractivity contribution in [3.63, 3.8) is 0 Å². The van der Waals surface area contributed by atoms with Crippen molar-refractivity contribution in [2.24, 2.45) is 0 Å². The Kier molecular flexibility index (Phi) is 3.79. The first-order valence-electron chi connectivity index (χ1n) is 3.17. The van der Waals surface area contributed by atoms with Gasteiger partial charge in [0.25, 0.3) is 0 Å². The molecule has 0 aromatic heterocycles. The number of rotatable bonds is 2. The molecule has 10 heavy (non-hydrogen) atoms. The van der Waals surface area contributed by atoms with Crippen molar-refractivity contribution in [3.05, 3.63) is 0 Å². The molecule has 0 saturated carbocycles. The van der Waals surface area contributed by atoms with E-state index >= 15 is 0 Å². The van der Waals surface area contributed by atoms with Gasteiger partial charge in [0.15, 0.2) is 0 Å². The van der Waals surface area contributed by atoms with Gasteiger partial charge >= 0.3 is 6.03 Å². The lowest BCUT2D eigenvalue weighted by atomic mass is 10.4. The molecule has 2 N–H and O–H groups in total. The lowest BCUT2D eigenvalue weighted by Gasteiger charge is -2.12. The van der Waals surface area contributed by atoms with Crippen LogP contribution < -0.4 is 5.32 Å². The number of hydrogen-bond acceptors (Lipinski definition) is 2. The van der Waals surface area contributed by atoms with Gasteiger partial charge in [-0.15, -0.1) is 0 Å². The van der Waals surface area contributed by atoms with Crippen LogP contribution >= 0.6 is 0 Å². The van der Waals surface area contributed by atoms with Gasteiger partial charge in [-0.1, -0.05) is 0 Å². The van der Waals surface area contributed by atoms with Crippen LogP contribution in [0.1, 0.15) is 6.92 Å². The van der Waals surface area contributed by atoms with E-state index in [-0.39, 0.29) is 6.03 Å². The summed E-state index contributed by atoms with van der Waals surface area (Å²) in [6.07, 6.45) is -0.483. The molecular formula is C6H14N2O2. The lowest BCUT2D eigenvalue weighted by molar-refractivity contribution is 0.180. The van der Waals surface area contributed by atoms with Gasteiger partial charge in [0.05, 0.1) is 6.10 Å². The van der Waals surface area contributed by atoms with Gasteiger partial charge in [-0.05, 0) is 6.92 Å². The Morgan fingerprint density at radius 1 is 1.70 bits per heavy atom. The first-order chi connectivity index (χ1) is 4.54. The molecule has 2 amide bonds. The van der Waals surface area contributed by atoms with Crippen molar-refractivity contribution in [1.29, 1.82) is 0 Å². The van der Waals surface area contributed by atoms with Crippen molar-refractivity contribution in [3.8, 4) is 0 Å². The van der Waals surface area contributed by atoms with E-state index in [1.165, 1.54) is 4.90 Å². The maximum absolute atomic E-state index is 10.8. The zero-order chi connectivity index (χ0) is 8.15. The molecule has 1 atom stereocenters. The molecule has 0 aliphatic carbocycles. The highest BCUT2D eigenvalue weighted by atomic mass is 16.3. The summed E-state index contributed by atoms with van der Waals surface area (Å²) in [5.74, 6) is 0. The fraction of sp³-hybridized carbons (Fsp3) is 0.833. The van der Waals surface area contributed by atoms with E-state index in [4.69, 9.17) is 5.11 Å². The summed E-state index contributed by atoms with van der Waals surface area (Å²) in [4.78, 5) is 12.2. The molecule has 60 valence electrons. The molecule has 0 aromatic carbocycles. The number of aliphatic hydroxyl groups excluding tert-OH is 1. The van der Waals surface area contributed by atoms with Gasteiger partial charge in [0, 0.05) is 20.6 Å². The molecule has 0 aromatic rings. The summed E-state index contributed by atoms with van der Waals surface area (Å²) < 4.78 is 0. The molecule has 4 nitrogen and oxygen atoms in total. The monoisotopic (exact) mass is 146 g/mol. The van der Waals surface area contributed by atoms with Gasteiger partial charge in [-0.2, -0.15) is 0 Å². The number of amides is 2. The Balaban J connectivity index is 3.40. The molecule has 0 heterocycles. The van der Waals surface area contributed by atoms with Crippen LogP contribution in [0.15, 0.2) is 0 Å². The fourth-order valence-electron chi connectivity index (χ4n) is 0.393. The van der Waals surface area contributed by atoms with E-state index in [9.17, 15) is 4.79 Å². The number of urea groups is 1. The summed E-state index contributed by atoms with van der Waals surface area (Å²) in [6, 6.07) is -0.180. The average Bonchev–Trinajstić information content (AvgIpc) is 1.82. The standard InChI is InChI=1S/C6H14N2O2/c1-5(9)4-7-6(10)8(2)3/h5,9H,4H2,1-3H3,(H,7,10)/t5-/m0/s1. The second-order valence-electron chi connectivity index (χ2n) is 2.43. The van der Waals surface area contributed by atoms with Crippen LogP contribution in [0.2, 0.25) is 0 Å². The maximum atomic E-state index is 10.8. The normalized spacial score (nSPS) is 12.4. The molecule has 0 aliphatic heterocycles. The zero-order valence-corrected chi connectivity index (χ0v) is 6.59. The van der Waals surface area contributed by atoms with Crippen LogP contribution in [-0.2, 0) is 0 Å². The van der Waals surface area contributed by atoms with Crippen molar-refractivity contribution in [1.82, 2.24) is 10.2 Å². The second kappa shape index (κ2) is 4.11. The molecule has 0 bridgehead atoms. The van der Waals surface area contributed by atoms with E-state index < -0.39 is 6.10 Å². The molecule has 4 heteroatoms. The van der Waals surface area contributed by atoms with Crippen LogP contribution in [0.25, 0.3) is 0 Å². The third kappa shape index (κ3) is 4.14. The molecule has 0 rings (SSSR count). The smallest absolute Gasteiger partial charge is 0.316 e. The number of hydrogen-bond donors (Lipinski definition) is 2. The largest absolute Gasteiger partial charge is 0.392 e. The van der Waals surface area contributed by atoms with Crippen LogP contribution in [0.5, 0.6) is 0 Å². The van der Waals surface area contributed by atoms with Crippen molar-refractivity contribution < 1.29 is 9.90 Å². The van der Waals surface area contributed by atoms with Crippen molar-refractivity contribution >= 4 is 6.03 Å². The molecule has 0 aliphatic rings. The molecular weight excluding hydrogens is 132 g/mol. The van der Waals surface area contributed by atoms with Crippen LogP contribution in [0.3, 0.4) is 0 Å². The molecule has 0 unspecified atom stereocenters. The molecule has 0 saturated heterocycles. The maximum Gasteiger partial charge on any atom is 0.316 e. The SMILES string of the molecule is C[C@H](O)CNC(=O)N(C)C. The molecule has 0 spiro atoms. The summed E-state index contributed by atoms with van der Waals surface area (Å²) in [6.45, 7) is 1.92. The number of carbonyl (C=O) groups is 1. The predicted molar refractivity (Wildman–Crippen MR) is 38.8 cm³/mol. The minimum absolute atomic E-state index is 0.180. The Morgan fingerprint density at radius 3 is 2.50 bits per heavy atom. The Labute approximate surface area is 60.8 Å². The Bertz CT molecular complexity index is 112. The third-order valence-electron chi connectivity index (χ3n) is 0.955. The summed E-state index contributed by atoms with van der Waals surface area (Å²) >= 11 is 0. The van der Waals surface area contributed by atoms with E-state index in [0.29, 0.717) is 6.54 Å². The van der Waals surface area contributed by atoms with Gasteiger partial charge in [-0.3, -0.25) is 0 Å². The van der Waals surface area contributed by atoms with Crippen LogP contribution in [-0.4, -0.2) is 42.8 Å².